The third-order valence-corrected chi connectivity index (χ3v) is 3.36. The standard InChI is InChI=1S/C16H27NO/c1-2-17(14-8-9-15-18)13-7-6-12-16-10-4-3-5-11-16/h3-5,10-11,18H,2,6-9,12-15H2,1H3. The average molecular weight is 249 g/mol. The van der Waals surface area contributed by atoms with Crippen LogP contribution < -0.4 is 0 Å². The number of nitrogens with zero attached hydrogens (tertiary/aromatic N) is 1. The Bertz CT molecular complexity index is 286. The van der Waals surface area contributed by atoms with Crippen molar-refractivity contribution < 1.29 is 5.11 Å². The second kappa shape index (κ2) is 10.1. The van der Waals surface area contributed by atoms with E-state index >= 15 is 0 Å². The summed E-state index contributed by atoms with van der Waals surface area (Å²) >= 11 is 0. The molecule has 102 valence electrons. The molecule has 1 rings (SSSR count). The molecule has 2 nitrogen and oxygen atoms in total. The van der Waals surface area contributed by atoms with Crippen LogP contribution in [0.4, 0.5) is 0 Å². The summed E-state index contributed by atoms with van der Waals surface area (Å²) in [5, 5.41) is 8.77. The van der Waals surface area contributed by atoms with Crippen molar-refractivity contribution in [2.45, 2.75) is 39.0 Å². The number of hydrogen-bond donors (Lipinski definition) is 1. The van der Waals surface area contributed by atoms with Gasteiger partial charge in [-0.2, -0.15) is 0 Å². The third-order valence-electron chi connectivity index (χ3n) is 3.36. The lowest BCUT2D eigenvalue weighted by molar-refractivity contribution is 0.245. The Morgan fingerprint density at radius 1 is 0.944 bits per heavy atom. The minimum absolute atomic E-state index is 0.325. The molecule has 0 aliphatic carbocycles. The van der Waals surface area contributed by atoms with Crippen molar-refractivity contribution in [3.05, 3.63) is 35.9 Å². The van der Waals surface area contributed by atoms with Crippen molar-refractivity contribution in [3.63, 3.8) is 0 Å². The Labute approximate surface area is 112 Å². The minimum atomic E-state index is 0.325. The van der Waals surface area contributed by atoms with Crippen molar-refractivity contribution in [1.29, 1.82) is 0 Å². The van der Waals surface area contributed by atoms with E-state index in [2.05, 4.69) is 42.2 Å². The predicted molar refractivity (Wildman–Crippen MR) is 77.8 cm³/mol. The van der Waals surface area contributed by atoms with Crippen molar-refractivity contribution >= 4 is 0 Å². The van der Waals surface area contributed by atoms with Crippen LogP contribution in [-0.2, 0) is 6.42 Å². The van der Waals surface area contributed by atoms with Gasteiger partial charge < -0.3 is 10.0 Å². The van der Waals surface area contributed by atoms with Crippen molar-refractivity contribution in [1.82, 2.24) is 4.90 Å². The summed E-state index contributed by atoms with van der Waals surface area (Å²) in [5.41, 5.74) is 1.45. The Hall–Kier alpha value is -0.860. The van der Waals surface area contributed by atoms with Gasteiger partial charge in [-0.15, -0.1) is 0 Å². The van der Waals surface area contributed by atoms with Crippen LogP contribution in [-0.4, -0.2) is 36.2 Å². The van der Waals surface area contributed by atoms with Crippen LogP contribution in [0.25, 0.3) is 0 Å². The fourth-order valence-electron chi connectivity index (χ4n) is 2.18. The first kappa shape index (κ1) is 15.2. The van der Waals surface area contributed by atoms with Gasteiger partial charge in [-0.05, 0) is 57.3 Å². The molecule has 0 bridgehead atoms. The zero-order valence-corrected chi connectivity index (χ0v) is 11.6. The monoisotopic (exact) mass is 249 g/mol. The number of aryl methyl sites for hydroxylation is 1. The average Bonchev–Trinajstić information content (AvgIpc) is 2.43. The van der Waals surface area contributed by atoms with Gasteiger partial charge in [0.25, 0.3) is 0 Å². The second-order valence-corrected chi connectivity index (χ2v) is 4.81. The molecule has 0 radical (unpaired) electrons. The first-order valence-electron chi connectivity index (χ1n) is 7.24. The van der Waals surface area contributed by atoms with E-state index in [1.54, 1.807) is 0 Å². The van der Waals surface area contributed by atoms with Crippen molar-refractivity contribution in [2.24, 2.45) is 0 Å². The van der Waals surface area contributed by atoms with E-state index in [0.29, 0.717) is 6.61 Å². The molecule has 18 heavy (non-hydrogen) atoms. The highest BCUT2D eigenvalue weighted by Gasteiger charge is 2.01. The summed E-state index contributed by atoms with van der Waals surface area (Å²) in [6.45, 7) is 5.98. The predicted octanol–water partition coefficient (Wildman–Crippen LogP) is 3.10. The maximum absolute atomic E-state index is 8.77. The normalized spacial score (nSPS) is 11.1. The van der Waals surface area contributed by atoms with E-state index in [1.807, 2.05) is 0 Å². The highest BCUT2D eigenvalue weighted by Crippen LogP contribution is 2.06. The first-order valence-corrected chi connectivity index (χ1v) is 7.24. The van der Waals surface area contributed by atoms with E-state index in [0.717, 1.165) is 25.9 Å². The molecule has 0 atom stereocenters. The Morgan fingerprint density at radius 2 is 1.61 bits per heavy atom. The Morgan fingerprint density at radius 3 is 2.22 bits per heavy atom. The van der Waals surface area contributed by atoms with E-state index in [4.69, 9.17) is 5.11 Å². The topological polar surface area (TPSA) is 23.5 Å². The molecule has 0 spiro atoms. The molecular formula is C16H27NO. The number of aliphatic hydroxyl groups is 1. The molecule has 0 aliphatic heterocycles. The lowest BCUT2D eigenvalue weighted by Crippen LogP contribution is -2.26. The van der Waals surface area contributed by atoms with Gasteiger partial charge in [-0.3, -0.25) is 0 Å². The smallest absolute Gasteiger partial charge is 0.0431 e. The maximum Gasteiger partial charge on any atom is 0.0431 e. The summed E-state index contributed by atoms with van der Waals surface area (Å²) in [6, 6.07) is 10.7. The summed E-state index contributed by atoms with van der Waals surface area (Å²) in [5.74, 6) is 0. The van der Waals surface area contributed by atoms with Gasteiger partial charge in [0, 0.05) is 6.61 Å². The molecule has 1 aromatic carbocycles. The summed E-state index contributed by atoms with van der Waals surface area (Å²) in [6.07, 6.45) is 5.76. The summed E-state index contributed by atoms with van der Waals surface area (Å²) in [4.78, 5) is 2.49. The van der Waals surface area contributed by atoms with Gasteiger partial charge in [0.05, 0.1) is 0 Å². The van der Waals surface area contributed by atoms with Crippen LogP contribution in [0.5, 0.6) is 0 Å². The van der Waals surface area contributed by atoms with Crippen LogP contribution in [0, 0.1) is 0 Å². The van der Waals surface area contributed by atoms with Crippen molar-refractivity contribution in [3.8, 4) is 0 Å². The quantitative estimate of drug-likeness (QED) is 0.644. The SMILES string of the molecule is CCN(CCCCO)CCCCc1ccccc1. The lowest BCUT2D eigenvalue weighted by Gasteiger charge is -2.19. The lowest BCUT2D eigenvalue weighted by atomic mass is 10.1. The summed E-state index contributed by atoms with van der Waals surface area (Å²) < 4.78 is 0. The largest absolute Gasteiger partial charge is 0.396 e. The van der Waals surface area contributed by atoms with E-state index in [-0.39, 0.29) is 0 Å². The molecule has 1 aromatic rings. The highest BCUT2D eigenvalue weighted by molar-refractivity contribution is 5.14. The van der Waals surface area contributed by atoms with Crippen LogP contribution in [0.15, 0.2) is 30.3 Å². The van der Waals surface area contributed by atoms with Gasteiger partial charge in [0.2, 0.25) is 0 Å². The highest BCUT2D eigenvalue weighted by atomic mass is 16.2. The van der Waals surface area contributed by atoms with Gasteiger partial charge >= 0.3 is 0 Å². The number of benzene rings is 1. The summed E-state index contributed by atoms with van der Waals surface area (Å²) in [7, 11) is 0. The number of rotatable bonds is 10. The van der Waals surface area contributed by atoms with Crippen LogP contribution in [0.1, 0.15) is 38.2 Å². The molecule has 0 amide bonds. The van der Waals surface area contributed by atoms with E-state index < -0.39 is 0 Å². The van der Waals surface area contributed by atoms with Gasteiger partial charge in [0.15, 0.2) is 0 Å². The number of unbranched alkanes of at least 4 members (excludes halogenated alkanes) is 2. The van der Waals surface area contributed by atoms with Crippen molar-refractivity contribution in [2.75, 3.05) is 26.2 Å². The number of aliphatic hydroxyl groups excluding tert-OH is 1. The fourth-order valence-corrected chi connectivity index (χ4v) is 2.18. The van der Waals surface area contributed by atoms with Gasteiger partial charge in [0.1, 0.15) is 0 Å². The molecule has 0 aromatic heterocycles. The van der Waals surface area contributed by atoms with E-state index in [1.165, 1.54) is 31.4 Å². The Kier molecular flexibility index (Phi) is 8.53. The minimum Gasteiger partial charge on any atom is -0.396 e. The fraction of sp³-hybridized carbons (Fsp3) is 0.625. The molecule has 0 heterocycles. The molecule has 0 saturated carbocycles. The first-order chi connectivity index (χ1) is 8.86. The molecule has 0 unspecified atom stereocenters. The van der Waals surface area contributed by atoms with Gasteiger partial charge in [-0.1, -0.05) is 37.3 Å². The van der Waals surface area contributed by atoms with Crippen LogP contribution in [0.2, 0.25) is 0 Å². The molecule has 0 aliphatic rings. The molecule has 2 heteroatoms. The second-order valence-electron chi connectivity index (χ2n) is 4.81. The van der Waals surface area contributed by atoms with Crippen LogP contribution in [0.3, 0.4) is 0 Å². The molecule has 1 N–H and O–H groups in total. The zero-order valence-electron chi connectivity index (χ0n) is 11.6. The van der Waals surface area contributed by atoms with Crippen LogP contribution >= 0.6 is 0 Å². The molecular weight excluding hydrogens is 222 g/mol. The zero-order chi connectivity index (χ0) is 13.1. The number of hydrogen-bond acceptors (Lipinski definition) is 2. The Balaban J connectivity index is 2.08. The molecule has 0 saturated heterocycles. The third kappa shape index (κ3) is 6.77. The molecule has 0 fully saturated rings. The van der Waals surface area contributed by atoms with Gasteiger partial charge in [-0.25, -0.2) is 0 Å². The maximum atomic E-state index is 8.77. The van der Waals surface area contributed by atoms with E-state index in [9.17, 15) is 0 Å².